The highest BCUT2D eigenvalue weighted by Gasteiger charge is 2.55. The number of alkyl halides is 3. The molecule has 2 unspecified atom stereocenters. The van der Waals surface area contributed by atoms with Gasteiger partial charge in [-0.15, -0.1) is 0 Å². The highest BCUT2D eigenvalue weighted by Crippen LogP contribution is 2.38. The van der Waals surface area contributed by atoms with Crippen LogP contribution in [0.1, 0.15) is 18.9 Å². The molecule has 2 atom stereocenters. The first kappa shape index (κ1) is 18.3. The summed E-state index contributed by atoms with van der Waals surface area (Å²) in [5.74, 6) is -1.57. The third-order valence-electron chi connectivity index (χ3n) is 4.21. The Morgan fingerprint density at radius 1 is 1.33 bits per heavy atom. The van der Waals surface area contributed by atoms with E-state index in [2.05, 4.69) is 5.32 Å². The van der Waals surface area contributed by atoms with Crippen LogP contribution < -0.4 is 5.32 Å². The third-order valence-corrected chi connectivity index (χ3v) is 4.21. The molecule has 1 aliphatic rings. The van der Waals surface area contributed by atoms with Crippen LogP contribution >= 0.6 is 0 Å². The second-order valence-electron chi connectivity index (χ2n) is 5.78. The van der Waals surface area contributed by atoms with Crippen molar-refractivity contribution in [3.05, 3.63) is 35.9 Å². The van der Waals surface area contributed by atoms with E-state index in [1.54, 1.807) is 6.92 Å². The molecule has 0 aliphatic carbocycles. The summed E-state index contributed by atoms with van der Waals surface area (Å²) in [6.07, 6.45) is -4.99. The summed E-state index contributed by atoms with van der Waals surface area (Å²) in [4.78, 5) is 25.2. The Kier molecular flexibility index (Phi) is 5.17. The van der Waals surface area contributed by atoms with Gasteiger partial charge in [0.25, 0.3) is 0 Å². The van der Waals surface area contributed by atoms with Gasteiger partial charge in [-0.05, 0) is 12.5 Å². The number of aliphatic hydroxyl groups is 1. The SMILES string of the molecule is CCN1CC(C(=O)NCC(O)(c2ccccc2)C(F)(F)F)CC1=O. The van der Waals surface area contributed by atoms with Gasteiger partial charge >= 0.3 is 6.18 Å². The van der Waals surface area contributed by atoms with Crippen molar-refractivity contribution in [1.82, 2.24) is 10.2 Å². The van der Waals surface area contributed by atoms with Crippen LogP contribution in [0.15, 0.2) is 30.3 Å². The summed E-state index contributed by atoms with van der Waals surface area (Å²) >= 11 is 0. The Labute approximate surface area is 137 Å². The number of nitrogens with one attached hydrogen (secondary N) is 1. The van der Waals surface area contributed by atoms with Crippen LogP contribution in [0, 0.1) is 5.92 Å². The number of benzene rings is 1. The fourth-order valence-electron chi connectivity index (χ4n) is 2.69. The van der Waals surface area contributed by atoms with E-state index in [0.29, 0.717) is 6.54 Å². The van der Waals surface area contributed by atoms with Crippen LogP contribution in [0.3, 0.4) is 0 Å². The van der Waals surface area contributed by atoms with E-state index in [4.69, 9.17) is 0 Å². The van der Waals surface area contributed by atoms with Gasteiger partial charge in [0.2, 0.25) is 17.4 Å². The third kappa shape index (κ3) is 3.53. The van der Waals surface area contributed by atoms with Crippen molar-refractivity contribution in [3.8, 4) is 0 Å². The maximum atomic E-state index is 13.3. The molecule has 2 rings (SSSR count). The topological polar surface area (TPSA) is 69.6 Å². The molecule has 0 bridgehead atoms. The van der Waals surface area contributed by atoms with Crippen molar-refractivity contribution in [1.29, 1.82) is 0 Å². The zero-order chi connectivity index (χ0) is 18.0. The van der Waals surface area contributed by atoms with Gasteiger partial charge in [-0.3, -0.25) is 9.59 Å². The Morgan fingerprint density at radius 2 is 1.96 bits per heavy atom. The van der Waals surface area contributed by atoms with Crippen molar-refractivity contribution >= 4 is 11.8 Å². The molecule has 0 aromatic heterocycles. The van der Waals surface area contributed by atoms with Crippen LogP contribution in [0.4, 0.5) is 13.2 Å². The van der Waals surface area contributed by atoms with Gasteiger partial charge in [0.15, 0.2) is 0 Å². The molecule has 1 saturated heterocycles. The fraction of sp³-hybridized carbons (Fsp3) is 0.500. The molecular formula is C16H19F3N2O3. The van der Waals surface area contributed by atoms with Crippen molar-refractivity contribution in [2.75, 3.05) is 19.6 Å². The Hall–Kier alpha value is -2.09. The first-order chi connectivity index (χ1) is 11.2. The van der Waals surface area contributed by atoms with Gasteiger partial charge in [-0.25, -0.2) is 0 Å². The van der Waals surface area contributed by atoms with E-state index in [-0.39, 0.29) is 24.4 Å². The molecule has 1 aliphatic heterocycles. The van der Waals surface area contributed by atoms with Crippen molar-refractivity contribution in [2.45, 2.75) is 25.1 Å². The lowest BCUT2D eigenvalue weighted by Crippen LogP contribution is -2.52. The second kappa shape index (κ2) is 6.80. The van der Waals surface area contributed by atoms with Crippen LogP contribution in [0.2, 0.25) is 0 Å². The molecular weight excluding hydrogens is 325 g/mol. The maximum absolute atomic E-state index is 13.3. The van der Waals surface area contributed by atoms with Gasteiger partial charge in [-0.1, -0.05) is 30.3 Å². The molecule has 8 heteroatoms. The molecule has 5 nitrogen and oxygen atoms in total. The second-order valence-corrected chi connectivity index (χ2v) is 5.78. The van der Waals surface area contributed by atoms with E-state index >= 15 is 0 Å². The van der Waals surface area contributed by atoms with Crippen molar-refractivity contribution in [3.63, 3.8) is 0 Å². The van der Waals surface area contributed by atoms with Crippen LogP contribution in [-0.4, -0.2) is 47.6 Å². The lowest BCUT2D eigenvalue weighted by atomic mass is 9.92. The normalized spacial score (nSPS) is 20.8. The van der Waals surface area contributed by atoms with E-state index in [1.807, 2.05) is 0 Å². The first-order valence-electron chi connectivity index (χ1n) is 7.59. The minimum atomic E-state index is -4.96. The Bertz CT molecular complexity index is 606. The monoisotopic (exact) mass is 344 g/mol. The molecule has 132 valence electrons. The van der Waals surface area contributed by atoms with Crippen molar-refractivity contribution in [2.24, 2.45) is 5.92 Å². The van der Waals surface area contributed by atoms with Gasteiger partial charge in [-0.2, -0.15) is 13.2 Å². The molecule has 0 saturated carbocycles. The summed E-state index contributed by atoms with van der Waals surface area (Å²) in [7, 11) is 0. The smallest absolute Gasteiger partial charge is 0.375 e. The van der Waals surface area contributed by atoms with E-state index < -0.39 is 30.1 Å². The molecule has 1 aromatic carbocycles. The summed E-state index contributed by atoms with van der Waals surface area (Å²) in [5.41, 5.74) is -3.53. The van der Waals surface area contributed by atoms with Crippen molar-refractivity contribution < 1.29 is 27.9 Å². The average Bonchev–Trinajstić information content (AvgIpc) is 2.93. The fourth-order valence-corrected chi connectivity index (χ4v) is 2.69. The zero-order valence-electron chi connectivity index (χ0n) is 13.1. The first-order valence-corrected chi connectivity index (χ1v) is 7.59. The molecule has 2 amide bonds. The molecule has 0 radical (unpaired) electrons. The number of carbonyl (C=O) groups excluding carboxylic acids is 2. The zero-order valence-corrected chi connectivity index (χ0v) is 13.1. The number of hydrogen-bond donors (Lipinski definition) is 2. The van der Waals surface area contributed by atoms with Crippen LogP contribution in [0.25, 0.3) is 0 Å². The van der Waals surface area contributed by atoms with E-state index in [1.165, 1.54) is 23.1 Å². The number of amides is 2. The Morgan fingerprint density at radius 3 is 2.46 bits per heavy atom. The number of likely N-dealkylation sites (tertiary alicyclic amines) is 1. The molecule has 2 N–H and O–H groups in total. The maximum Gasteiger partial charge on any atom is 0.423 e. The summed E-state index contributed by atoms with van der Waals surface area (Å²) in [6, 6.07) is 6.59. The minimum Gasteiger partial charge on any atom is -0.375 e. The largest absolute Gasteiger partial charge is 0.423 e. The molecule has 1 aromatic rings. The molecule has 1 heterocycles. The highest BCUT2D eigenvalue weighted by atomic mass is 19.4. The van der Waals surface area contributed by atoms with E-state index in [0.717, 1.165) is 12.1 Å². The number of rotatable bonds is 5. The van der Waals surface area contributed by atoms with Gasteiger partial charge in [0.1, 0.15) is 0 Å². The van der Waals surface area contributed by atoms with E-state index in [9.17, 15) is 27.9 Å². The lowest BCUT2D eigenvalue weighted by molar-refractivity contribution is -0.264. The number of halogens is 3. The Balaban J connectivity index is 2.09. The van der Waals surface area contributed by atoms with Crippen LogP contribution in [-0.2, 0) is 15.2 Å². The summed E-state index contributed by atoms with van der Waals surface area (Å²) in [5, 5.41) is 12.3. The number of nitrogens with zero attached hydrogens (tertiary/aromatic N) is 1. The lowest BCUT2D eigenvalue weighted by Gasteiger charge is -2.31. The highest BCUT2D eigenvalue weighted by molar-refractivity contribution is 5.89. The summed E-state index contributed by atoms with van der Waals surface area (Å²) in [6.45, 7) is 1.38. The summed E-state index contributed by atoms with van der Waals surface area (Å²) < 4.78 is 40.0. The van der Waals surface area contributed by atoms with Gasteiger partial charge in [0, 0.05) is 19.5 Å². The molecule has 1 fully saturated rings. The number of hydrogen-bond acceptors (Lipinski definition) is 3. The average molecular weight is 344 g/mol. The predicted molar refractivity (Wildman–Crippen MR) is 79.8 cm³/mol. The molecule has 24 heavy (non-hydrogen) atoms. The molecule has 0 spiro atoms. The van der Waals surface area contributed by atoms with Crippen LogP contribution in [0.5, 0.6) is 0 Å². The standard InChI is InChI=1S/C16H19F3N2O3/c1-2-21-9-11(8-13(21)22)14(23)20-10-15(24,16(17,18)19)12-6-4-3-5-7-12/h3-7,11,24H,2,8-10H2,1H3,(H,20,23). The predicted octanol–water partition coefficient (Wildman–Crippen LogP) is 1.42. The quantitative estimate of drug-likeness (QED) is 0.849. The number of carbonyl (C=O) groups is 2. The van der Waals surface area contributed by atoms with Gasteiger partial charge in [0.05, 0.1) is 12.5 Å². The van der Waals surface area contributed by atoms with Gasteiger partial charge < -0.3 is 15.3 Å². The minimum absolute atomic E-state index is 0.0323.